The molecular formula is C17H16FNO3. The SMILES string of the molecule is COc1cccc(C(=O)NC2CCOc3ccc(F)cc32)c1. The van der Waals surface area contributed by atoms with E-state index >= 15 is 0 Å². The van der Waals surface area contributed by atoms with Gasteiger partial charge in [-0.1, -0.05) is 6.07 Å². The third kappa shape index (κ3) is 2.88. The van der Waals surface area contributed by atoms with Gasteiger partial charge in [-0.05, 0) is 36.4 Å². The number of hydrogen-bond donors (Lipinski definition) is 1. The molecule has 3 rings (SSSR count). The Bertz CT molecular complexity index is 702. The standard InChI is InChI=1S/C17H16FNO3/c1-21-13-4-2-3-11(9-13)17(20)19-15-7-8-22-16-6-5-12(18)10-14(15)16/h2-6,9-10,15H,7-8H2,1H3,(H,19,20). The number of nitrogens with one attached hydrogen (secondary N) is 1. The molecule has 0 saturated heterocycles. The summed E-state index contributed by atoms with van der Waals surface area (Å²) in [6.45, 7) is 0.488. The first-order valence-electron chi connectivity index (χ1n) is 7.04. The van der Waals surface area contributed by atoms with Crippen molar-refractivity contribution in [3.05, 3.63) is 59.4 Å². The largest absolute Gasteiger partial charge is 0.497 e. The fourth-order valence-corrected chi connectivity index (χ4v) is 2.52. The van der Waals surface area contributed by atoms with Crippen molar-refractivity contribution in [2.45, 2.75) is 12.5 Å². The van der Waals surface area contributed by atoms with E-state index in [9.17, 15) is 9.18 Å². The molecule has 0 aliphatic carbocycles. The first-order chi connectivity index (χ1) is 10.7. The molecule has 1 aliphatic heterocycles. The van der Waals surface area contributed by atoms with Crippen LogP contribution in [0.2, 0.25) is 0 Å². The highest BCUT2D eigenvalue weighted by molar-refractivity contribution is 5.94. The van der Waals surface area contributed by atoms with Gasteiger partial charge in [-0.15, -0.1) is 0 Å². The molecule has 2 aromatic carbocycles. The van der Waals surface area contributed by atoms with Gasteiger partial charge in [0, 0.05) is 17.5 Å². The predicted molar refractivity (Wildman–Crippen MR) is 79.7 cm³/mol. The van der Waals surface area contributed by atoms with E-state index in [-0.39, 0.29) is 17.8 Å². The lowest BCUT2D eigenvalue weighted by atomic mass is 10.00. The number of ether oxygens (including phenoxy) is 2. The smallest absolute Gasteiger partial charge is 0.251 e. The lowest BCUT2D eigenvalue weighted by molar-refractivity contribution is 0.0924. The Balaban J connectivity index is 1.82. The predicted octanol–water partition coefficient (Wildman–Crippen LogP) is 3.09. The van der Waals surface area contributed by atoms with Crippen LogP contribution < -0.4 is 14.8 Å². The lowest BCUT2D eigenvalue weighted by Gasteiger charge is -2.26. The Labute approximate surface area is 127 Å². The molecule has 0 aromatic heterocycles. The number of fused-ring (bicyclic) bond motifs is 1. The van der Waals surface area contributed by atoms with Crippen molar-refractivity contribution in [3.63, 3.8) is 0 Å². The lowest BCUT2D eigenvalue weighted by Crippen LogP contribution is -2.32. The highest BCUT2D eigenvalue weighted by atomic mass is 19.1. The van der Waals surface area contributed by atoms with E-state index in [4.69, 9.17) is 9.47 Å². The summed E-state index contributed by atoms with van der Waals surface area (Å²) in [6, 6.07) is 11.0. The summed E-state index contributed by atoms with van der Waals surface area (Å²) in [7, 11) is 1.55. The maximum Gasteiger partial charge on any atom is 0.251 e. The molecule has 22 heavy (non-hydrogen) atoms. The molecule has 1 unspecified atom stereocenters. The van der Waals surface area contributed by atoms with Gasteiger partial charge in [0.2, 0.25) is 0 Å². The molecule has 2 aromatic rings. The minimum absolute atomic E-state index is 0.221. The summed E-state index contributed by atoms with van der Waals surface area (Å²) in [5.74, 6) is 0.667. The molecule has 0 spiro atoms. The van der Waals surface area contributed by atoms with Gasteiger partial charge in [0.15, 0.2) is 0 Å². The van der Waals surface area contributed by atoms with Crippen LogP contribution in [0.1, 0.15) is 28.4 Å². The number of carbonyl (C=O) groups excluding carboxylic acids is 1. The average Bonchev–Trinajstić information content (AvgIpc) is 2.55. The van der Waals surface area contributed by atoms with Crippen LogP contribution in [0.15, 0.2) is 42.5 Å². The highest BCUT2D eigenvalue weighted by Crippen LogP contribution is 2.32. The van der Waals surface area contributed by atoms with Crippen LogP contribution in [-0.2, 0) is 0 Å². The average molecular weight is 301 g/mol. The Morgan fingerprint density at radius 2 is 2.18 bits per heavy atom. The summed E-state index contributed by atoms with van der Waals surface area (Å²) in [5.41, 5.74) is 1.17. The van der Waals surface area contributed by atoms with E-state index in [1.165, 1.54) is 12.1 Å². The summed E-state index contributed by atoms with van der Waals surface area (Å²) in [4.78, 5) is 12.4. The van der Waals surface area contributed by atoms with Crippen LogP contribution >= 0.6 is 0 Å². The minimum atomic E-state index is -0.343. The van der Waals surface area contributed by atoms with Crippen molar-refractivity contribution < 1.29 is 18.7 Å². The normalized spacial score (nSPS) is 16.4. The Hall–Kier alpha value is -2.56. The zero-order chi connectivity index (χ0) is 15.5. The zero-order valence-electron chi connectivity index (χ0n) is 12.1. The molecule has 1 aliphatic rings. The van der Waals surface area contributed by atoms with E-state index in [0.717, 1.165) is 0 Å². The van der Waals surface area contributed by atoms with Crippen molar-refractivity contribution in [3.8, 4) is 11.5 Å². The number of methoxy groups -OCH3 is 1. The Kier molecular flexibility index (Phi) is 3.96. The second-order valence-electron chi connectivity index (χ2n) is 5.08. The van der Waals surface area contributed by atoms with E-state index in [2.05, 4.69) is 5.32 Å². The van der Waals surface area contributed by atoms with Gasteiger partial charge < -0.3 is 14.8 Å². The summed E-state index contributed by atoms with van der Waals surface area (Å²) in [5, 5.41) is 2.93. The number of carbonyl (C=O) groups is 1. The third-order valence-corrected chi connectivity index (χ3v) is 3.65. The van der Waals surface area contributed by atoms with Crippen LogP contribution in [0.3, 0.4) is 0 Å². The fourth-order valence-electron chi connectivity index (χ4n) is 2.52. The fraction of sp³-hybridized carbons (Fsp3) is 0.235. The molecule has 1 amide bonds. The minimum Gasteiger partial charge on any atom is -0.497 e. The molecule has 1 heterocycles. The van der Waals surface area contributed by atoms with Gasteiger partial charge in [-0.3, -0.25) is 4.79 Å². The summed E-state index contributed by atoms with van der Waals surface area (Å²) < 4.78 is 24.1. The second kappa shape index (κ2) is 6.05. The van der Waals surface area contributed by atoms with Crippen molar-refractivity contribution in [2.24, 2.45) is 0 Å². The molecule has 114 valence electrons. The van der Waals surface area contributed by atoms with Gasteiger partial charge >= 0.3 is 0 Å². The van der Waals surface area contributed by atoms with Crippen LogP contribution in [-0.4, -0.2) is 19.6 Å². The topological polar surface area (TPSA) is 47.6 Å². The number of rotatable bonds is 3. The van der Waals surface area contributed by atoms with Gasteiger partial charge in [0.25, 0.3) is 5.91 Å². The maximum absolute atomic E-state index is 13.4. The third-order valence-electron chi connectivity index (χ3n) is 3.65. The molecule has 4 nitrogen and oxygen atoms in total. The number of halogens is 1. The monoisotopic (exact) mass is 301 g/mol. The van der Waals surface area contributed by atoms with Gasteiger partial charge in [-0.25, -0.2) is 4.39 Å². The molecule has 5 heteroatoms. The van der Waals surface area contributed by atoms with Crippen LogP contribution in [0.5, 0.6) is 11.5 Å². The molecule has 0 saturated carbocycles. The van der Waals surface area contributed by atoms with Crippen LogP contribution in [0, 0.1) is 5.82 Å². The molecule has 0 bridgehead atoms. The van der Waals surface area contributed by atoms with Crippen molar-refractivity contribution in [1.29, 1.82) is 0 Å². The second-order valence-corrected chi connectivity index (χ2v) is 5.08. The first kappa shape index (κ1) is 14.4. The summed E-state index contributed by atoms with van der Waals surface area (Å²) >= 11 is 0. The van der Waals surface area contributed by atoms with Gasteiger partial charge in [0.1, 0.15) is 17.3 Å². The number of amides is 1. The quantitative estimate of drug-likeness (QED) is 0.947. The molecule has 1 N–H and O–H groups in total. The first-order valence-corrected chi connectivity index (χ1v) is 7.04. The van der Waals surface area contributed by atoms with Crippen LogP contribution in [0.4, 0.5) is 4.39 Å². The summed E-state index contributed by atoms with van der Waals surface area (Å²) in [6.07, 6.45) is 0.603. The molecule has 0 radical (unpaired) electrons. The van der Waals surface area contributed by atoms with E-state index in [1.54, 1.807) is 37.4 Å². The van der Waals surface area contributed by atoms with Crippen molar-refractivity contribution in [1.82, 2.24) is 5.32 Å². The van der Waals surface area contributed by atoms with E-state index in [1.807, 2.05) is 0 Å². The van der Waals surface area contributed by atoms with Gasteiger partial charge in [0.05, 0.1) is 19.8 Å². The highest BCUT2D eigenvalue weighted by Gasteiger charge is 2.24. The van der Waals surface area contributed by atoms with Crippen molar-refractivity contribution in [2.75, 3.05) is 13.7 Å². The number of benzene rings is 2. The van der Waals surface area contributed by atoms with Gasteiger partial charge in [-0.2, -0.15) is 0 Å². The Morgan fingerprint density at radius 1 is 1.32 bits per heavy atom. The van der Waals surface area contributed by atoms with Crippen LogP contribution in [0.25, 0.3) is 0 Å². The Morgan fingerprint density at radius 3 is 3.00 bits per heavy atom. The molecule has 1 atom stereocenters. The van der Waals surface area contributed by atoms with E-state index in [0.29, 0.717) is 35.7 Å². The maximum atomic E-state index is 13.4. The number of hydrogen-bond acceptors (Lipinski definition) is 3. The zero-order valence-corrected chi connectivity index (χ0v) is 12.1. The molecular weight excluding hydrogens is 285 g/mol. The van der Waals surface area contributed by atoms with E-state index < -0.39 is 0 Å². The van der Waals surface area contributed by atoms with Crippen molar-refractivity contribution >= 4 is 5.91 Å². The molecule has 0 fully saturated rings.